The Hall–Kier alpha value is -1.24. The Bertz CT molecular complexity index is 572. The van der Waals surface area contributed by atoms with E-state index in [1.807, 2.05) is 6.92 Å². The van der Waals surface area contributed by atoms with Crippen LogP contribution >= 0.6 is 0 Å². The fraction of sp³-hybridized carbons (Fsp3) is 0.765. The molecule has 1 aromatic rings. The summed E-state index contributed by atoms with van der Waals surface area (Å²) >= 11 is 0. The average molecular weight is 319 g/mol. The monoisotopic (exact) mass is 319 g/mol. The molecule has 1 unspecified atom stereocenters. The number of hydrogen-bond acceptors (Lipinski definition) is 6. The van der Waals surface area contributed by atoms with Gasteiger partial charge >= 0.3 is 0 Å². The molecule has 4 rings (SSSR count). The highest BCUT2D eigenvalue weighted by atomic mass is 16.7. The molecule has 3 heterocycles. The van der Waals surface area contributed by atoms with E-state index in [0.717, 1.165) is 57.1 Å². The first-order valence-corrected chi connectivity index (χ1v) is 8.74. The van der Waals surface area contributed by atoms with Crippen LogP contribution in [0.4, 0.5) is 5.82 Å². The smallest absolute Gasteiger partial charge is 0.173 e. The molecule has 1 aromatic heterocycles. The number of fused-ring (bicyclic) bond motifs is 1. The Balaban J connectivity index is 1.41. The summed E-state index contributed by atoms with van der Waals surface area (Å²) in [6, 6.07) is 0. The Labute approximate surface area is 136 Å². The van der Waals surface area contributed by atoms with E-state index in [4.69, 9.17) is 14.2 Å². The Morgan fingerprint density at radius 2 is 2.00 bits per heavy atom. The quantitative estimate of drug-likeness (QED) is 0.919. The Morgan fingerprint density at radius 1 is 1.17 bits per heavy atom. The molecule has 6 nitrogen and oxygen atoms in total. The average Bonchev–Trinajstić information content (AvgIpc) is 2.95. The van der Waals surface area contributed by atoms with Gasteiger partial charge < -0.3 is 19.5 Å². The third-order valence-corrected chi connectivity index (χ3v) is 4.96. The van der Waals surface area contributed by atoms with Crippen molar-refractivity contribution in [2.75, 3.05) is 31.7 Å². The molecule has 23 heavy (non-hydrogen) atoms. The highest BCUT2D eigenvalue weighted by molar-refractivity contribution is 5.48. The van der Waals surface area contributed by atoms with E-state index in [-0.39, 0.29) is 6.10 Å². The van der Waals surface area contributed by atoms with Gasteiger partial charge in [0.2, 0.25) is 0 Å². The minimum absolute atomic E-state index is 0.0719. The number of aryl methyl sites for hydroxylation is 2. The zero-order chi connectivity index (χ0) is 15.7. The van der Waals surface area contributed by atoms with Gasteiger partial charge in [0.1, 0.15) is 17.7 Å². The fourth-order valence-corrected chi connectivity index (χ4v) is 3.74. The molecule has 1 atom stereocenters. The van der Waals surface area contributed by atoms with Crippen LogP contribution in [0.5, 0.6) is 0 Å². The van der Waals surface area contributed by atoms with Crippen LogP contribution in [0.25, 0.3) is 0 Å². The van der Waals surface area contributed by atoms with Crippen LogP contribution in [0.15, 0.2) is 0 Å². The van der Waals surface area contributed by atoms with Crippen LogP contribution in [-0.2, 0) is 27.1 Å². The number of ether oxygens (including phenoxy) is 3. The Morgan fingerprint density at radius 3 is 2.87 bits per heavy atom. The summed E-state index contributed by atoms with van der Waals surface area (Å²) < 4.78 is 17.5. The normalized spacial score (nSPS) is 26.2. The lowest BCUT2D eigenvalue weighted by Crippen LogP contribution is -2.38. The maximum atomic E-state index is 6.18. The van der Waals surface area contributed by atoms with Gasteiger partial charge in [0.25, 0.3) is 0 Å². The van der Waals surface area contributed by atoms with Gasteiger partial charge in [0.15, 0.2) is 5.79 Å². The van der Waals surface area contributed by atoms with E-state index in [2.05, 4.69) is 15.3 Å². The first kappa shape index (κ1) is 15.3. The van der Waals surface area contributed by atoms with Crippen LogP contribution < -0.4 is 5.32 Å². The van der Waals surface area contributed by atoms with E-state index < -0.39 is 5.79 Å². The maximum Gasteiger partial charge on any atom is 0.173 e. The van der Waals surface area contributed by atoms with Gasteiger partial charge in [-0.3, -0.25) is 0 Å². The largest absolute Gasteiger partial charge is 0.381 e. The van der Waals surface area contributed by atoms with Crippen molar-refractivity contribution in [1.29, 1.82) is 0 Å². The summed E-state index contributed by atoms with van der Waals surface area (Å²) in [4.78, 5) is 9.21. The maximum absolute atomic E-state index is 6.18. The summed E-state index contributed by atoms with van der Waals surface area (Å²) in [6.45, 7) is 4.77. The number of hydrogen-bond donors (Lipinski definition) is 1. The standard InChI is InChI=1S/C17H25N3O3/c1-12-19-15-5-3-2-4-14(15)16(20-12)18-10-13-11-22-17(23-13)6-8-21-9-7-17/h13H,2-11H2,1H3,(H,18,19,20). The third kappa shape index (κ3) is 3.20. The molecule has 1 spiro atoms. The minimum atomic E-state index is -0.411. The van der Waals surface area contributed by atoms with Crippen molar-refractivity contribution in [3.63, 3.8) is 0 Å². The molecule has 6 heteroatoms. The molecule has 3 aliphatic rings. The lowest BCUT2D eigenvalue weighted by molar-refractivity contribution is -0.209. The molecule has 1 aliphatic carbocycles. The number of anilines is 1. The number of rotatable bonds is 3. The van der Waals surface area contributed by atoms with Gasteiger partial charge in [0, 0.05) is 30.6 Å². The molecule has 2 fully saturated rings. The fourth-order valence-electron chi connectivity index (χ4n) is 3.74. The first-order chi connectivity index (χ1) is 11.2. The minimum Gasteiger partial charge on any atom is -0.381 e. The van der Waals surface area contributed by atoms with Crippen molar-refractivity contribution >= 4 is 5.82 Å². The second kappa shape index (κ2) is 6.34. The molecular formula is C17H25N3O3. The zero-order valence-electron chi connectivity index (χ0n) is 13.8. The molecule has 0 aromatic carbocycles. The summed E-state index contributed by atoms with van der Waals surface area (Å²) in [7, 11) is 0. The van der Waals surface area contributed by atoms with E-state index in [1.165, 1.54) is 24.1 Å². The molecule has 0 radical (unpaired) electrons. The highest BCUT2D eigenvalue weighted by Gasteiger charge is 2.42. The molecule has 0 amide bonds. The van der Waals surface area contributed by atoms with Gasteiger partial charge in [-0.1, -0.05) is 0 Å². The van der Waals surface area contributed by atoms with E-state index >= 15 is 0 Å². The summed E-state index contributed by atoms with van der Waals surface area (Å²) in [5, 5.41) is 3.49. The van der Waals surface area contributed by atoms with E-state index in [9.17, 15) is 0 Å². The van der Waals surface area contributed by atoms with Gasteiger partial charge in [-0.15, -0.1) is 0 Å². The zero-order valence-corrected chi connectivity index (χ0v) is 13.8. The Kier molecular flexibility index (Phi) is 4.22. The van der Waals surface area contributed by atoms with Crippen molar-refractivity contribution in [2.45, 2.75) is 57.3 Å². The van der Waals surface area contributed by atoms with Crippen LogP contribution in [-0.4, -0.2) is 48.2 Å². The molecular weight excluding hydrogens is 294 g/mol. The van der Waals surface area contributed by atoms with Gasteiger partial charge in [-0.05, 0) is 32.6 Å². The van der Waals surface area contributed by atoms with Gasteiger partial charge in [-0.25, -0.2) is 9.97 Å². The lowest BCUT2D eigenvalue weighted by Gasteiger charge is -2.31. The third-order valence-electron chi connectivity index (χ3n) is 4.96. The molecule has 0 bridgehead atoms. The van der Waals surface area contributed by atoms with Crippen LogP contribution in [0.1, 0.15) is 42.8 Å². The van der Waals surface area contributed by atoms with Gasteiger partial charge in [0.05, 0.1) is 19.8 Å². The van der Waals surface area contributed by atoms with Crippen LogP contribution in [0.2, 0.25) is 0 Å². The number of nitrogens with one attached hydrogen (secondary N) is 1. The highest BCUT2D eigenvalue weighted by Crippen LogP contribution is 2.33. The van der Waals surface area contributed by atoms with Gasteiger partial charge in [-0.2, -0.15) is 0 Å². The van der Waals surface area contributed by atoms with Crippen molar-refractivity contribution in [3.05, 3.63) is 17.1 Å². The summed E-state index contributed by atoms with van der Waals surface area (Å²) in [5.74, 6) is 1.42. The molecule has 0 saturated carbocycles. The number of aromatic nitrogens is 2. The molecule has 2 aliphatic heterocycles. The lowest BCUT2D eigenvalue weighted by atomic mass is 9.96. The predicted molar refractivity (Wildman–Crippen MR) is 85.5 cm³/mol. The number of nitrogens with zero attached hydrogens (tertiary/aromatic N) is 2. The molecule has 126 valence electrons. The second-order valence-corrected chi connectivity index (χ2v) is 6.71. The second-order valence-electron chi connectivity index (χ2n) is 6.71. The summed E-state index contributed by atoms with van der Waals surface area (Å²) in [6.07, 6.45) is 6.31. The van der Waals surface area contributed by atoms with E-state index in [0.29, 0.717) is 6.61 Å². The van der Waals surface area contributed by atoms with Crippen molar-refractivity contribution in [1.82, 2.24) is 9.97 Å². The van der Waals surface area contributed by atoms with Crippen molar-refractivity contribution in [3.8, 4) is 0 Å². The molecule has 1 N–H and O–H groups in total. The summed E-state index contributed by atoms with van der Waals surface area (Å²) in [5.41, 5.74) is 2.51. The SMILES string of the molecule is Cc1nc2c(c(NCC3COC4(CCOCC4)O3)n1)CCCC2. The van der Waals surface area contributed by atoms with E-state index in [1.54, 1.807) is 0 Å². The first-order valence-electron chi connectivity index (χ1n) is 8.74. The van der Waals surface area contributed by atoms with Crippen molar-refractivity contribution < 1.29 is 14.2 Å². The van der Waals surface area contributed by atoms with Crippen LogP contribution in [0.3, 0.4) is 0 Å². The topological polar surface area (TPSA) is 65.5 Å². The molecule has 2 saturated heterocycles. The van der Waals surface area contributed by atoms with Crippen LogP contribution in [0, 0.1) is 6.92 Å². The predicted octanol–water partition coefficient (Wildman–Crippen LogP) is 2.00. The van der Waals surface area contributed by atoms with Crippen molar-refractivity contribution in [2.24, 2.45) is 0 Å².